The zero-order valence-electron chi connectivity index (χ0n) is 23.0. The van der Waals surface area contributed by atoms with Gasteiger partial charge in [-0.3, -0.25) is 14.9 Å². The molecule has 1 fully saturated rings. The predicted octanol–water partition coefficient (Wildman–Crippen LogP) is 5.37. The number of carbonyl (C=O) groups is 1. The van der Waals surface area contributed by atoms with Crippen molar-refractivity contribution in [3.8, 4) is 22.6 Å². The fraction of sp³-hybridized carbons (Fsp3) is 0.156. The first kappa shape index (κ1) is 26.7. The molecular formula is C32H28N6O4. The van der Waals surface area contributed by atoms with Gasteiger partial charge < -0.3 is 19.1 Å². The van der Waals surface area contributed by atoms with Gasteiger partial charge in [0.15, 0.2) is 5.65 Å². The first-order chi connectivity index (χ1) is 20.5. The van der Waals surface area contributed by atoms with E-state index in [-0.39, 0.29) is 11.6 Å². The van der Waals surface area contributed by atoms with Crippen molar-refractivity contribution in [3.05, 3.63) is 113 Å². The lowest BCUT2D eigenvalue weighted by atomic mass is 10.1. The van der Waals surface area contributed by atoms with Crippen molar-refractivity contribution < 1.29 is 14.5 Å². The number of hydrogen-bond acceptors (Lipinski definition) is 7. The zero-order valence-corrected chi connectivity index (χ0v) is 23.0. The van der Waals surface area contributed by atoms with Gasteiger partial charge in [-0.15, -0.1) is 0 Å². The number of nitrogens with zero attached hydrogens (tertiary/aromatic N) is 6. The summed E-state index contributed by atoms with van der Waals surface area (Å²) >= 11 is 0. The Morgan fingerprint density at radius 3 is 2.50 bits per heavy atom. The van der Waals surface area contributed by atoms with Crippen LogP contribution in [-0.2, 0) is 4.79 Å². The van der Waals surface area contributed by atoms with E-state index in [2.05, 4.69) is 27.8 Å². The molecule has 3 aromatic carbocycles. The Hall–Kier alpha value is -5.51. The summed E-state index contributed by atoms with van der Waals surface area (Å²) in [5.41, 5.74) is 4.38. The molecule has 0 atom stereocenters. The van der Waals surface area contributed by atoms with Gasteiger partial charge in [-0.25, -0.2) is 9.97 Å². The number of non-ortho nitro benzene ring substituents is 1. The SMILES string of the molecule is COc1cccc(-n2cc(-c3ccccc3)c3c(N4CCN(C(=O)/C=C/c5cccc([N+](=O)[O-])c5)CC4)ncnc32)c1. The van der Waals surface area contributed by atoms with E-state index >= 15 is 0 Å². The topological polar surface area (TPSA) is 107 Å². The van der Waals surface area contributed by atoms with E-state index in [1.807, 2.05) is 42.5 Å². The van der Waals surface area contributed by atoms with Crippen molar-refractivity contribution in [2.24, 2.45) is 0 Å². The summed E-state index contributed by atoms with van der Waals surface area (Å²) in [6, 6.07) is 24.2. The molecule has 0 radical (unpaired) electrons. The second-order valence-corrected chi connectivity index (χ2v) is 9.87. The molecule has 0 N–H and O–H groups in total. The number of nitro groups is 1. The van der Waals surface area contributed by atoms with Gasteiger partial charge in [-0.2, -0.15) is 0 Å². The normalized spacial score (nSPS) is 13.5. The van der Waals surface area contributed by atoms with Crippen molar-refractivity contribution in [1.82, 2.24) is 19.4 Å². The number of benzene rings is 3. The Morgan fingerprint density at radius 2 is 1.74 bits per heavy atom. The van der Waals surface area contributed by atoms with Crippen LogP contribution in [0.3, 0.4) is 0 Å². The molecule has 1 aliphatic heterocycles. The molecule has 10 nitrogen and oxygen atoms in total. The monoisotopic (exact) mass is 560 g/mol. The maximum Gasteiger partial charge on any atom is 0.270 e. The lowest BCUT2D eigenvalue weighted by Crippen LogP contribution is -2.48. The third-order valence-corrected chi connectivity index (χ3v) is 7.37. The van der Waals surface area contributed by atoms with E-state index in [9.17, 15) is 14.9 Å². The van der Waals surface area contributed by atoms with Gasteiger partial charge in [0.05, 0.1) is 23.1 Å². The molecule has 0 unspecified atom stereocenters. The molecular weight excluding hydrogens is 532 g/mol. The van der Waals surface area contributed by atoms with Crippen molar-refractivity contribution in [3.63, 3.8) is 0 Å². The van der Waals surface area contributed by atoms with Crippen LogP contribution in [0, 0.1) is 10.1 Å². The Morgan fingerprint density at radius 1 is 0.952 bits per heavy atom. The summed E-state index contributed by atoms with van der Waals surface area (Å²) in [6.45, 7) is 2.23. The van der Waals surface area contributed by atoms with Crippen LogP contribution < -0.4 is 9.64 Å². The first-order valence-corrected chi connectivity index (χ1v) is 13.5. The van der Waals surface area contributed by atoms with Gasteiger partial charge in [0.1, 0.15) is 17.9 Å². The zero-order chi connectivity index (χ0) is 29.1. The molecule has 1 aliphatic rings. The largest absolute Gasteiger partial charge is 0.497 e. The van der Waals surface area contributed by atoms with Crippen LogP contribution in [0.4, 0.5) is 11.5 Å². The van der Waals surface area contributed by atoms with Gasteiger partial charge in [0.25, 0.3) is 5.69 Å². The molecule has 0 aliphatic carbocycles. The van der Waals surface area contributed by atoms with Crippen molar-refractivity contribution >= 4 is 34.5 Å². The second kappa shape index (κ2) is 11.5. The van der Waals surface area contributed by atoms with Crippen LogP contribution in [0.25, 0.3) is 33.9 Å². The van der Waals surface area contributed by atoms with E-state index in [0.717, 1.165) is 39.4 Å². The minimum Gasteiger partial charge on any atom is -0.497 e. The highest BCUT2D eigenvalue weighted by molar-refractivity contribution is 6.02. The number of fused-ring (bicyclic) bond motifs is 1. The van der Waals surface area contributed by atoms with Crippen LogP contribution in [0.1, 0.15) is 5.56 Å². The van der Waals surface area contributed by atoms with Crippen molar-refractivity contribution in [1.29, 1.82) is 0 Å². The summed E-state index contributed by atoms with van der Waals surface area (Å²) in [5.74, 6) is 1.44. The van der Waals surface area contributed by atoms with E-state index in [0.29, 0.717) is 31.7 Å². The van der Waals surface area contributed by atoms with E-state index < -0.39 is 4.92 Å². The Kier molecular flexibility index (Phi) is 7.33. The lowest BCUT2D eigenvalue weighted by molar-refractivity contribution is -0.384. The molecule has 5 aromatic rings. The molecule has 42 heavy (non-hydrogen) atoms. The highest BCUT2D eigenvalue weighted by Crippen LogP contribution is 2.37. The maximum absolute atomic E-state index is 12.9. The number of hydrogen-bond donors (Lipinski definition) is 0. The van der Waals surface area contributed by atoms with Crippen LogP contribution in [0.5, 0.6) is 5.75 Å². The van der Waals surface area contributed by atoms with Crippen LogP contribution in [-0.4, -0.2) is 63.6 Å². The predicted molar refractivity (Wildman–Crippen MR) is 162 cm³/mol. The molecule has 1 amide bonds. The molecule has 3 heterocycles. The average Bonchev–Trinajstić information content (AvgIpc) is 3.44. The molecule has 6 rings (SSSR count). The highest BCUT2D eigenvalue weighted by atomic mass is 16.6. The molecule has 0 saturated carbocycles. The second-order valence-electron chi connectivity index (χ2n) is 9.87. The molecule has 0 spiro atoms. The number of aromatic nitrogens is 3. The number of carbonyl (C=O) groups excluding carboxylic acids is 1. The summed E-state index contributed by atoms with van der Waals surface area (Å²) < 4.78 is 7.53. The maximum atomic E-state index is 12.9. The van der Waals surface area contributed by atoms with E-state index in [1.165, 1.54) is 18.2 Å². The lowest BCUT2D eigenvalue weighted by Gasteiger charge is -2.35. The fourth-order valence-electron chi connectivity index (χ4n) is 5.23. The molecule has 2 aromatic heterocycles. The van der Waals surface area contributed by atoms with E-state index in [1.54, 1.807) is 36.5 Å². The fourth-order valence-corrected chi connectivity index (χ4v) is 5.23. The van der Waals surface area contributed by atoms with Crippen LogP contribution >= 0.6 is 0 Å². The molecule has 0 bridgehead atoms. The molecule has 10 heteroatoms. The van der Waals surface area contributed by atoms with Crippen molar-refractivity contribution in [2.75, 3.05) is 38.2 Å². The molecule has 1 saturated heterocycles. The number of rotatable bonds is 7. The highest BCUT2D eigenvalue weighted by Gasteiger charge is 2.25. The Labute approximate surface area is 242 Å². The number of methoxy groups -OCH3 is 1. The van der Waals surface area contributed by atoms with Gasteiger partial charge in [0, 0.05) is 62.2 Å². The van der Waals surface area contributed by atoms with E-state index in [4.69, 9.17) is 14.7 Å². The third kappa shape index (κ3) is 5.29. The van der Waals surface area contributed by atoms with Gasteiger partial charge in [-0.05, 0) is 29.3 Å². The summed E-state index contributed by atoms with van der Waals surface area (Å²) in [6.07, 6.45) is 6.76. The Bertz CT molecular complexity index is 1790. The average molecular weight is 561 g/mol. The molecule has 210 valence electrons. The number of nitro benzene ring substituents is 1. The van der Waals surface area contributed by atoms with Crippen molar-refractivity contribution in [2.45, 2.75) is 0 Å². The van der Waals surface area contributed by atoms with Gasteiger partial charge in [0.2, 0.25) is 5.91 Å². The summed E-state index contributed by atoms with van der Waals surface area (Å²) in [4.78, 5) is 37.0. The smallest absolute Gasteiger partial charge is 0.270 e. The minimum absolute atomic E-state index is 0.00974. The number of ether oxygens (including phenoxy) is 1. The van der Waals surface area contributed by atoms with Crippen LogP contribution in [0.2, 0.25) is 0 Å². The van der Waals surface area contributed by atoms with Crippen LogP contribution in [0.15, 0.2) is 97.5 Å². The Balaban J connectivity index is 1.28. The first-order valence-electron chi connectivity index (χ1n) is 13.5. The standard InChI is InChI=1S/C32H28N6O4/c1-42-27-12-6-10-25(20-27)37-21-28(24-8-3-2-4-9-24)30-31(33-22-34-32(30)37)36-17-15-35(16-18-36)29(39)14-13-23-7-5-11-26(19-23)38(40)41/h2-14,19-22H,15-18H2,1H3/b14-13+. The third-order valence-electron chi connectivity index (χ3n) is 7.37. The number of anilines is 1. The van der Waals surface area contributed by atoms with Gasteiger partial charge in [-0.1, -0.05) is 48.5 Å². The summed E-state index contributed by atoms with van der Waals surface area (Å²) in [5, 5.41) is 12.0. The minimum atomic E-state index is -0.448. The van der Waals surface area contributed by atoms with Gasteiger partial charge >= 0.3 is 0 Å². The number of piperazine rings is 1. The quantitative estimate of drug-likeness (QED) is 0.150. The summed E-state index contributed by atoms with van der Waals surface area (Å²) in [7, 11) is 1.65. The number of amides is 1.